The van der Waals surface area contributed by atoms with Crippen molar-refractivity contribution in [2.24, 2.45) is 0 Å². The summed E-state index contributed by atoms with van der Waals surface area (Å²) >= 11 is 17.9. The zero-order valence-corrected chi connectivity index (χ0v) is 16.0. The summed E-state index contributed by atoms with van der Waals surface area (Å²) in [5.74, 6) is -0.0966. The van der Waals surface area contributed by atoms with E-state index in [9.17, 15) is 4.79 Å². The molecule has 4 nitrogen and oxygen atoms in total. The van der Waals surface area contributed by atoms with Crippen LogP contribution in [0.4, 0.5) is 5.69 Å². The Bertz CT molecular complexity index is 536. The summed E-state index contributed by atoms with van der Waals surface area (Å²) in [6.07, 6.45) is 2.08. The molecular weight excluding hydrogens is 380 g/mol. The minimum atomic E-state index is -0.0966. The molecule has 8 heteroatoms. The van der Waals surface area contributed by atoms with E-state index in [1.807, 2.05) is 0 Å². The molecule has 0 aromatic heterocycles. The third-order valence-electron chi connectivity index (χ3n) is 3.69. The molecule has 1 atom stereocenters. The molecule has 0 radical (unpaired) electrons. The Kier molecular flexibility index (Phi) is 8.98. The van der Waals surface area contributed by atoms with Gasteiger partial charge >= 0.3 is 0 Å². The second-order valence-corrected chi connectivity index (χ2v) is 6.63. The van der Waals surface area contributed by atoms with Gasteiger partial charge in [-0.15, -0.1) is 12.4 Å². The van der Waals surface area contributed by atoms with Crippen molar-refractivity contribution < 1.29 is 4.79 Å². The Labute approximate surface area is 158 Å². The van der Waals surface area contributed by atoms with Gasteiger partial charge in [-0.1, -0.05) is 41.7 Å². The van der Waals surface area contributed by atoms with E-state index in [-0.39, 0.29) is 18.3 Å². The van der Waals surface area contributed by atoms with E-state index in [0.717, 1.165) is 32.5 Å². The van der Waals surface area contributed by atoms with Gasteiger partial charge in [0.2, 0.25) is 5.91 Å². The highest BCUT2D eigenvalue weighted by molar-refractivity contribution is 6.44. The normalized spacial score (nSPS) is 17.2. The summed E-state index contributed by atoms with van der Waals surface area (Å²) in [5, 5.41) is 7.26. The Morgan fingerprint density at radius 3 is 2.61 bits per heavy atom. The van der Waals surface area contributed by atoms with E-state index in [4.69, 9.17) is 34.8 Å². The number of nitrogens with one attached hydrogen (secondary N) is 2. The Hall–Kier alpha value is -0.230. The highest BCUT2D eigenvalue weighted by Gasteiger charge is 2.23. The summed E-state index contributed by atoms with van der Waals surface area (Å²) in [6, 6.07) is 3.52. The molecule has 0 saturated carbocycles. The van der Waals surface area contributed by atoms with Gasteiger partial charge in [-0.25, -0.2) is 0 Å². The van der Waals surface area contributed by atoms with Gasteiger partial charge in [0.25, 0.3) is 0 Å². The molecule has 23 heavy (non-hydrogen) atoms. The van der Waals surface area contributed by atoms with Crippen LogP contribution >= 0.6 is 47.2 Å². The van der Waals surface area contributed by atoms with Crippen LogP contribution in [-0.4, -0.2) is 43.0 Å². The average molecular weight is 401 g/mol. The van der Waals surface area contributed by atoms with E-state index in [2.05, 4.69) is 22.5 Å². The lowest BCUT2D eigenvalue weighted by Gasteiger charge is -2.27. The third-order valence-corrected chi connectivity index (χ3v) is 4.73. The molecule has 130 valence electrons. The molecule has 2 rings (SSSR count). The minimum absolute atomic E-state index is 0. The van der Waals surface area contributed by atoms with Gasteiger partial charge in [-0.05, 0) is 38.1 Å². The molecule has 1 heterocycles. The van der Waals surface area contributed by atoms with Crippen molar-refractivity contribution in [3.63, 3.8) is 0 Å². The first-order valence-corrected chi connectivity index (χ1v) is 8.53. The number of rotatable bonds is 6. The number of anilines is 1. The van der Waals surface area contributed by atoms with Crippen molar-refractivity contribution in [1.29, 1.82) is 0 Å². The fourth-order valence-electron chi connectivity index (χ4n) is 2.62. The molecule has 0 bridgehead atoms. The van der Waals surface area contributed by atoms with Gasteiger partial charge in [-0.2, -0.15) is 0 Å². The van der Waals surface area contributed by atoms with Gasteiger partial charge in [0.05, 0.1) is 27.3 Å². The Morgan fingerprint density at radius 2 is 2.00 bits per heavy atom. The molecule has 1 unspecified atom stereocenters. The Morgan fingerprint density at radius 1 is 1.30 bits per heavy atom. The monoisotopic (exact) mass is 399 g/mol. The van der Waals surface area contributed by atoms with Crippen molar-refractivity contribution in [2.75, 3.05) is 31.5 Å². The molecule has 0 aliphatic carbocycles. The van der Waals surface area contributed by atoms with E-state index in [0.29, 0.717) is 33.3 Å². The number of hydrogen-bond donors (Lipinski definition) is 2. The molecule has 1 aromatic rings. The van der Waals surface area contributed by atoms with Gasteiger partial charge in [-0.3, -0.25) is 9.69 Å². The maximum absolute atomic E-state index is 12.3. The van der Waals surface area contributed by atoms with Gasteiger partial charge in [0.1, 0.15) is 0 Å². The van der Waals surface area contributed by atoms with Crippen molar-refractivity contribution in [3.05, 3.63) is 27.2 Å². The first-order chi connectivity index (χ1) is 10.5. The van der Waals surface area contributed by atoms with Crippen LogP contribution in [0.2, 0.25) is 15.1 Å². The Balaban J connectivity index is 0.00000264. The summed E-state index contributed by atoms with van der Waals surface area (Å²) in [5.41, 5.74) is 0.488. The molecule has 1 aromatic carbocycles. The second kappa shape index (κ2) is 9.92. The summed E-state index contributed by atoms with van der Waals surface area (Å²) in [4.78, 5) is 14.5. The van der Waals surface area contributed by atoms with Crippen LogP contribution in [0.1, 0.15) is 19.8 Å². The van der Waals surface area contributed by atoms with Crippen molar-refractivity contribution in [1.82, 2.24) is 10.2 Å². The average Bonchev–Trinajstić information content (AvgIpc) is 2.98. The highest BCUT2D eigenvalue weighted by Crippen LogP contribution is 2.32. The molecule has 1 saturated heterocycles. The predicted molar refractivity (Wildman–Crippen MR) is 100 cm³/mol. The van der Waals surface area contributed by atoms with Crippen LogP contribution in [0.25, 0.3) is 0 Å². The fourth-order valence-corrected chi connectivity index (χ4v) is 3.22. The second-order valence-electron chi connectivity index (χ2n) is 5.41. The van der Waals surface area contributed by atoms with Crippen molar-refractivity contribution in [3.8, 4) is 0 Å². The molecule has 1 aliphatic rings. The quantitative estimate of drug-likeness (QED) is 0.707. The fraction of sp³-hybridized carbons (Fsp3) is 0.533. The number of benzene rings is 1. The smallest absolute Gasteiger partial charge is 0.238 e. The van der Waals surface area contributed by atoms with Crippen LogP contribution < -0.4 is 10.6 Å². The number of hydrogen-bond acceptors (Lipinski definition) is 3. The van der Waals surface area contributed by atoms with Crippen molar-refractivity contribution in [2.45, 2.75) is 25.8 Å². The van der Waals surface area contributed by atoms with Gasteiger partial charge < -0.3 is 10.6 Å². The highest BCUT2D eigenvalue weighted by atomic mass is 35.5. The van der Waals surface area contributed by atoms with Crippen molar-refractivity contribution >= 4 is 58.8 Å². The molecule has 2 N–H and O–H groups in total. The molecule has 0 spiro atoms. The first-order valence-electron chi connectivity index (χ1n) is 7.40. The molecule has 1 amide bonds. The van der Waals surface area contributed by atoms with E-state index >= 15 is 0 Å². The lowest BCUT2D eigenvalue weighted by Crippen LogP contribution is -2.42. The number of amides is 1. The maximum atomic E-state index is 12.3. The molecule has 1 aliphatic heterocycles. The lowest BCUT2D eigenvalue weighted by atomic mass is 10.2. The summed E-state index contributed by atoms with van der Waals surface area (Å²) < 4.78 is 0. The van der Waals surface area contributed by atoms with Gasteiger partial charge in [0, 0.05) is 12.6 Å². The first kappa shape index (κ1) is 20.8. The SMILES string of the molecule is CCCN(CC(=O)Nc1cc(Cl)c(Cl)cc1Cl)C1CCNC1.Cl. The maximum Gasteiger partial charge on any atom is 0.238 e. The number of nitrogens with zero attached hydrogens (tertiary/aromatic N) is 1. The molecule has 1 fully saturated rings. The zero-order chi connectivity index (χ0) is 16.1. The van der Waals surface area contributed by atoms with Crippen LogP contribution in [0.3, 0.4) is 0 Å². The van der Waals surface area contributed by atoms with E-state index in [1.165, 1.54) is 6.07 Å². The van der Waals surface area contributed by atoms with Crippen LogP contribution in [-0.2, 0) is 4.79 Å². The standard InChI is InChI=1S/C15H20Cl3N3O.ClH/c1-2-5-21(10-3-4-19-8-10)9-15(22)20-14-7-12(17)11(16)6-13(14)18;/h6-7,10,19H,2-5,8-9H2,1H3,(H,20,22);1H. The third kappa shape index (κ3) is 5.96. The minimum Gasteiger partial charge on any atom is -0.324 e. The van der Waals surface area contributed by atoms with Crippen LogP contribution in [0, 0.1) is 0 Å². The number of carbonyl (C=O) groups is 1. The largest absolute Gasteiger partial charge is 0.324 e. The lowest BCUT2D eigenvalue weighted by molar-refractivity contribution is -0.117. The summed E-state index contributed by atoms with van der Waals surface area (Å²) in [7, 11) is 0. The molecular formula is C15H21Cl4N3O. The predicted octanol–water partition coefficient (Wildman–Crippen LogP) is 4.08. The summed E-state index contributed by atoms with van der Waals surface area (Å²) in [6.45, 7) is 5.29. The zero-order valence-electron chi connectivity index (χ0n) is 12.9. The topological polar surface area (TPSA) is 44.4 Å². The van der Waals surface area contributed by atoms with Gasteiger partial charge in [0.15, 0.2) is 0 Å². The number of halogens is 4. The van der Waals surface area contributed by atoms with E-state index in [1.54, 1.807) is 6.07 Å². The van der Waals surface area contributed by atoms with Crippen LogP contribution in [0.15, 0.2) is 12.1 Å². The number of carbonyl (C=O) groups excluding carboxylic acids is 1. The van der Waals surface area contributed by atoms with Crippen LogP contribution in [0.5, 0.6) is 0 Å². The van der Waals surface area contributed by atoms with E-state index < -0.39 is 0 Å².